The van der Waals surface area contributed by atoms with Crippen LogP contribution in [0.1, 0.15) is 12.8 Å². The largest absolute Gasteiger partial charge is 0.380 e. The van der Waals surface area contributed by atoms with Crippen molar-refractivity contribution in [3.05, 3.63) is 16.8 Å². The lowest BCUT2D eigenvalue weighted by atomic mass is 9.96. The standard InChI is InChI=1S/C10H13NO2S2/c12-9(11-8-1-4-15-7-8)10(13)2-5-14-6-3-10/h1,4,7,13H,2-3,5-6H2,(H,11,12). The lowest BCUT2D eigenvalue weighted by Gasteiger charge is -2.29. The van der Waals surface area contributed by atoms with Gasteiger partial charge in [0.1, 0.15) is 5.60 Å². The molecule has 0 aromatic carbocycles. The Labute approximate surface area is 96.9 Å². The van der Waals surface area contributed by atoms with E-state index in [1.54, 1.807) is 11.8 Å². The van der Waals surface area contributed by atoms with E-state index in [0.717, 1.165) is 17.2 Å². The number of hydrogen-bond donors (Lipinski definition) is 2. The molecule has 1 fully saturated rings. The summed E-state index contributed by atoms with van der Waals surface area (Å²) in [6, 6.07) is 1.84. The zero-order chi connectivity index (χ0) is 10.7. The third kappa shape index (κ3) is 2.53. The fraction of sp³-hybridized carbons (Fsp3) is 0.500. The van der Waals surface area contributed by atoms with Gasteiger partial charge in [-0.3, -0.25) is 4.79 Å². The molecule has 1 aliphatic heterocycles. The van der Waals surface area contributed by atoms with Crippen molar-refractivity contribution in [1.82, 2.24) is 0 Å². The van der Waals surface area contributed by atoms with Crippen molar-refractivity contribution >= 4 is 34.7 Å². The maximum Gasteiger partial charge on any atom is 0.256 e. The van der Waals surface area contributed by atoms with Crippen LogP contribution in [0.5, 0.6) is 0 Å². The second-order valence-electron chi connectivity index (χ2n) is 3.61. The Morgan fingerprint density at radius 3 is 2.80 bits per heavy atom. The molecule has 0 atom stereocenters. The number of rotatable bonds is 2. The van der Waals surface area contributed by atoms with Crippen LogP contribution in [0.2, 0.25) is 0 Å². The molecular weight excluding hydrogens is 230 g/mol. The van der Waals surface area contributed by atoms with Crippen molar-refractivity contribution < 1.29 is 9.90 Å². The third-order valence-corrected chi connectivity index (χ3v) is 4.19. The molecule has 2 N–H and O–H groups in total. The lowest BCUT2D eigenvalue weighted by molar-refractivity contribution is -0.134. The van der Waals surface area contributed by atoms with Crippen molar-refractivity contribution in [2.45, 2.75) is 18.4 Å². The summed E-state index contributed by atoms with van der Waals surface area (Å²) in [5, 5.41) is 16.6. The van der Waals surface area contributed by atoms with Gasteiger partial charge in [0.25, 0.3) is 5.91 Å². The predicted octanol–water partition coefficient (Wildman–Crippen LogP) is 1.94. The minimum Gasteiger partial charge on any atom is -0.380 e. The van der Waals surface area contributed by atoms with E-state index in [0.29, 0.717) is 12.8 Å². The van der Waals surface area contributed by atoms with Gasteiger partial charge in [0, 0.05) is 5.38 Å². The fourth-order valence-electron chi connectivity index (χ4n) is 1.52. The van der Waals surface area contributed by atoms with Crippen molar-refractivity contribution in [2.75, 3.05) is 16.8 Å². The van der Waals surface area contributed by atoms with Crippen LogP contribution in [0.3, 0.4) is 0 Å². The van der Waals surface area contributed by atoms with Gasteiger partial charge in [0.05, 0.1) is 5.69 Å². The molecule has 0 saturated carbocycles. The fourth-order valence-corrected chi connectivity index (χ4v) is 3.28. The quantitative estimate of drug-likeness (QED) is 0.834. The maximum atomic E-state index is 11.8. The van der Waals surface area contributed by atoms with Crippen molar-refractivity contribution in [1.29, 1.82) is 0 Å². The second-order valence-corrected chi connectivity index (χ2v) is 5.61. The first-order valence-corrected chi connectivity index (χ1v) is 6.94. The Hall–Kier alpha value is -0.520. The highest BCUT2D eigenvalue weighted by atomic mass is 32.2. The van der Waals surface area contributed by atoms with Gasteiger partial charge in [0.15, 0.2) is 0 Å². The summed E-state index contributed by atoms with van der Waals surface area (Å²) in [4.78, 5) is 11.8. The molecule has 1 saturated heterocycles. The molecule has 0 radical (unpaired) electrons. The van der Waals surface area contributed by atoms with E-state index in [1.807, 2.05) is 16.8 Å². The minimum atomic E-state index is -1.16. The highest BCUT2D eigenvalue weighted by Gasteiger charge is 2.37. The summed E-state index contributed by atoms with van der Waals surface area (Å²) >= 11 is 3.31. The Kier molecular flexibility index (Phi) is 3.33. The number of carbonyl (C=O) groups excluding carboxylic acids is 1. The van der Waals surface area contributed by atoms with Gasteiger partial charge in [-0.1, -0.05) is 0 Å². The first-order valence-electron chi connectivity index (χ1n) is 4.84. The Bertz CT molecular complexity index is 331. The van der Waals surface area contributed by atoms with E-state index in [-0.39, 0.29) is 5.91 Å². The molecule has 0 spiro atoms. The molecule has 82 valence electrons. The van der Waals surface area contributed by atoms with Crippen molar-refractivity contribution in [3.8, 4) is 0 Å². The third-order valence-electron chi connectivity index (χ3n) is 2.52. The first-order chi connectivity index (χ1) is 7.21. The maximum absolute atomic E-state index is 11.8. The Morgan fingerprint density at radius 1 is 1.47 bits per heavy atom. The van der Waals surface area contributed by atoms with Crippen molar-refractivity contribution in [3.63, 3.8) is 0 Å². The number of aliphatic hydroxyl groups is 1. The molecule has 1 aliphatic rings. The molecule has 1 aromatic heterocycles. The van der Waals surface area contributed by atoms with E-state index < -0.39 is 5.60 Å². The highest BCUT2D eigenvalue weighted by Crippen LogP contribution is 2.28. The number of thioether (sulfide) groups is 1. The molecule has 2 rings (SSSR count). The molecule has 1 amide bonds. The summed E-state index contributed by atoms with van der Waals surface area (Å²) in [6.07, 6.45) is 1.10. The number of anilines is 1. The first kappa shape index (κ1) is 11.0. The normalized spacial score (nSPS) is 19.8. The van der Waals surface area contributed by atoms with Crippen LogP contribution < -0.4 is 5.32 Å². The molecule has 0 bridgehead atoms. The zero-order valence-electron chi connectivity index (χ0n) is 8.23. The lowest BCUT2D eigenvalue weighted by Crippen LogP contribution is -2.45. The van der Waals surface area contributed by atoms with E-state index in [4.69, 9.17) is 0 Å². The van der Waals surface area contributed by atoms with E-state index in [9.17, 15) is 9.90 Å². The van der Waals surface area contributed by atoms with Crippen LogP contribution in [0.25, 0.3) is 0 Å². The van der Waals surface area contributed by atoms with Crippen LogP contribution in [-0.4, -0.2) is 28.1 Å². The average Bonchev–Trinajstić information content (AvgIpc) is 2.71. The van der Waals surface area contributed by atoms with Gasteiger partial charge in [-0.25, -0.2) is 0 Å². The predicted molar refractivity (Wildman–Crippen MR) is 64.5 cm³/mol. The van der Waals surface area contributed by atoms with Gasteiger partial charge < -0.3 is 10.4 Å². The summed E-state index contributed by atoms with van der Waals surface area (Å²) < 4.78 is 0. The number of amides is 1. The summed E-state index contributed by atoms with van der Waals surface area (Å²) in [6.45, 7) is 0. The molecule has 2 heterocycles. The van der Waals surface area contributed by atoms with Gasteiger partial charge in [-0.05, 0) is 35.8 Å². The molecule has 0 aliphatic carbocycles. The smallest absolute Gasteiger partial charge is 0.256 e. The molecular formula is C10H13NO2S2. The van der Waals surface area contributed by atoms with Gasteiger partial charge in [0.2, 0.25) is 0 Å². The topological polar surface area (TPSA) is 49.3 Å². The van der Waals surface area contributed by atoms with E-state index >= 15 is 0 Å². The Morgan fingerprint density at radius 2 is 2.20 bits per heavy atom. The minimum absolute atomic E-state index is 0.263. The monoisotopic (exact) mass is 243 g/mol. The van der Waals surface area contributed by atoms with Gasteiger partial charge in [-0.2, -0.15) is 23.1 Å². The van der Waals surface area contributed by atoms with Crippen LogP contribution in [0, 0.1) is 0 Å². The van der Waals surface area contributed by atoms with Crippen LogP contribution in [0.15, 0.2) is 16.8 Å². The summed E-state index contributed by atoms with van der Waals surface area (Å²) in [5.41, 5.74) is -0.385. The molecule has 0 unspecified atom stereocenters. The molecule has 15 heavy (non-hydrogen) atoms. The number of carbonyl (C=O) groups is 1. The van der Waals surface area contributed by atoms with Crippen LogP contribution in [0.4, 0.5) is 5.69 Å². The van der Waals surface area contributed by atoms with E-state index in [1.165, 1.54) is 11.3 Å². The second kappa shape index (κ2) is 4.55. The molecule has 3 nitrogen and oxygen atoms in total. The molecule has 5 heteroatoms. The van der Waals surface area contributed by atoms with Crippen LogP contribution >= 0.6 is 23.1 Å². The SMILES string of the molecule is O=C(Nc1ccsc1)C1(O)CCSCC1. The summed E-state index contributed by atoms with van der Waals surface area (Å²) in [5.74, 6) is 1.45. The van der Waals surface area contributed by atoms with Crippen molar-refractivity contribution in [2.24, 2.45) is 0 Å². The number of hydrogen-bond acceptors (Lipinski definition) is 4. The van der Waals surface area contributed by atoms with Gasteiger partial charge in [-0.15, -0.1) is 0 Å². The average molecular weight is 243 g/mol. The van der Waals surface area contributed by atoms with Gasteiger partial charge >= 0.3 is 0 Å². The number of nitrogens with one attached hydrogen (secondary N) is 1. The molecule has 1 aromatic rings. The van der Waals surface area contributed by atoms with E-state index in [2.05, 4.69) is 5.32 Å². The zero-order valence-corrected chi connectivity index (χ0v) is 9.87. The van der Waals surface area contributed by atoms with Crippen LogP contribution in [-0.2, 0) is 4.79 Å². The Balaban J connectivity index is 2.00. The summed E-state index contributed by atoms with van der Waals surface area (Å²) in [7, 11) is 0. The highest BCUT2D eigenvalue weighted by molar-refractivity contribution is 7.99. The number of thiophene rings is 1.